The van der Waals surface area contributed by atoms with Crippen molar-refractivity contribution in [3.63, 3.8) is 0 Å². The lowest BCUT2D eigenvalue weighted by Crippen LogP contribution is -2.25. The van der Waals surface area contributed by atoms with Crippen LogP contribution in [-0.2, 0) is 6.54 Å². The van der Waals surface area contributed by atoms with Crippen LogP contribution in [0.4, 0.5) is 0 Å². The molecular formula is C19H21N3O. The normalized spacial score (nSPS) is 11.0. The van der Waals surface area contributed by atoms with Gasteiger partial charge in [0, 0.05) is 12.1 Å². The lowest BCUT2D eigenvalue weighted by atomic mass is 10.1. The highest BCUT2D eigenvalue weighted by Crippen LogP contribution is 2.18. The first kappa shape index (κ1) is 15.4. The minimum Gasteiger partial charge on any atom is -0.317 e. The predicted octanol–water partition coefficient (Wildman–Crippen LogP) is 3.06. The topological polar surface area (TPSA) is 46.9 Å². The average Bonchev–Trinajstić information content (AvgIpc) is 2.61. The Hall–Kier alpha value is -2.46. The third-order valence-corrected chi connectivity index (χ3v) is 3.88. The molecule has 0 amide bonds. The van der Waals surface area contributed by atoms with E-state index in [0.717, 1.165) is 36.4 Å². The van der Waals surface area contributed by atoms with E-state index in [1.54, 1.807) is 4.57 Å². The number of hydrogen-bond acceptors (Lipinski definition) is 3. The molecule has 4 nitrogen and oxygen atoms in total. The lowest BCUT2D eigenvalue weighted by Gasteiger charge is -2.14. The van der Waals surface area contributed by atoms with Gasteiger partial charge >= 0.3 is 0 Å². The zero-order chi connectivity index (χ0) is 16.1. The summed E-state index contributed by atoms with van der Waals surface area (Å²) in [5, 5.41) is 3.98. The summed E-state index contributed by atoms with van der Waals surface area (Å²) in [6, 6.07) is 17.5. The molecule has 0 atom stereocenters. The summed E-state index contributed by atoms with van der Waals surface area (Å²) < 4.78 is 1.80. The Labute approximate surface area is 135 Å². The number of hydrogen-bond donors (Lipinski definition) is 1. The van der Waals surface area contributed by atoms with Crippen molar-refractivity contribution in [2.24, 2.45) is 0 Å². The van der Waals surface area contributed by atoms with Crippen LogP contribution in [0.2, 0.25) is 0 Å². The molecule has 23 heavy (non-hydrogen) atoms. The Morgan fingerprint density at radius 2 is 1.78 bits per heavy atom. The fraction of sp³-hybridized carbons (Fsp3) is 0.263. The van der Waals surface area contributed by atoms with Crippen molar-refractivity contribution in [1.82, 2.24) is 14.9 Å². The number of aromatic nitrogens is 2. The Balaban J connectivity index is 2.10. The molecule has 4 heteroatoms. The first-order valence-corrected chi connectivity index (χ1v) is 8.07. The van der Waals surface area contributed by atoms with Crippen molar-refractivity contribution in [2.45, 2.75) is 19.9 Å². The third-order valence-electron chi connectivity index (χ3n) is 3.88. The molecule has 0 aliphatic carbocycles. The van der Waals surface area contributed by atoms with Gasteiger partial charge in [0.25, 0.3) is 5.56 Å². The van der Waals surface area contributed by atoms with Crippen molar-refractivity contribution in [3.05, 3.63) is 65.0 Å². The van der Waals surface area contributed by atoms with Crippen LogP contribution in [0.25, 0.3) is 22.3 Å². The quantitative estimate of drug-likeness (QED) is 0.712. The van der Waals surface area contributed by atoms with Gasteiger partial charge in [0.1, 0.15) is 5.82 Å². The van der Waals surface area contributed by atoms with Gasteiger partial charge in [-0.2, -0.15) is 0 Å². The minimum absolute atomic E-state index is 0.0333. The standard InChI is InChI=1S/C19H21N3O/c1-2-20-13-8-14-22-18(15-9-4-3-5-10-15)21-17-12-7-6-11-16(17)19(22)23/h3-7,9-12,20H,2,8,13-14H2,1H3. The Kier molecular flexibility index (Phi) is 4.83. The summed E-state index contributed by atoms with van der Waals surface area (Å²) in [7, 11) is 0. The van der Waals surface area contributed by atoms with E-state index in [-0.39, 0.29) is 5.56 Å². The first-order valence-electron chi connectivity index (χ1n) is 8.07. The van der Waals surface area contributed by atoms with Crippen molar-refractivity contribution in [3.8, 4) is 11.4 Å². The summed E-state index contributed by atoms with van der Waals surface area (Å²) in [5.41, 5.74) is 1.75. The van der Waals surface area contributed by atoms with Gasteiger partial charge in [-0.25, -0.2) is 4.98 Å². The van der Waals surface area contributed by atoms with E-state index in [1.165, 1.54) is 0 Å². The van der Waals surface area contributed by atoms with Crippen LogP contribution in [0.15, 0.2) is 59.4 Å². The van der Waals surface area contributed by atoms with E-state index in [0.29, 0.717) is 11.9 Å². The van der Waals surface area contributed by atoms with E-state index in [2.05, 4.69) is 12.2 Å². The predicted molar refractivity (Wildman–Crippen MR) is 94.6 cm³/mol. The number of para-hydroxylation sites is 1. The maximum Gasteiger partial charge on any atom is 0.261 e. The summed E-state index contributed by atoms with van der Waals surface area (Å²) >= 11 is 0. The summed E-state index contributed by atoms with van der Waals surface area (Å²) in [6.45, 7) is 4.58. The monoisotopic (exact) mass is 307 g/mol. The maximum absolute atomic E-state index is 12.9. The SMILES string of the molecule is CCNCCCn1c(-c2ccccc2)nc2ccccc2c1=O. The molecule has 1 N–H and O–H groups in total. The first-order chi connectivity index (χ1) is 11.3. The largest absolute Gasteiger partial charge is 0.317 e. The minimum atomic E-state index is 0.0333. The molecule has 118 valence electrons. The molecule has 0 spiro atoms. The maximum atomic E-state index is 12.9. The Morgan fingerprint density at radius 3 is 2.57 bits per heavy atom. The van der Waals surface area contributed by atoms with E-state index in [9.17, 15) is 4.79 Å². The van der Waals surface area contributed by atoms with Crippen LogP contribution in [0.5, 0.6) is 0 Å². The molecule has 0 radical (unpaired) electrons. The summed E-state index contributed by atoms with van der Waals surface area (Å²) in [6.07, 6.45) is 0.896. The highest BCUT2D eigenvalue weighted by atomic mass is 16.1. The van der Waals surface area contributed by atoms with Gasteiger partial charge in [0.15, 0.2) is 0 Å². The fourth-order valence-electron chi connectivity index (χ4n) is 2.72. The van der Waals surface area contributed by atoms with Gasteiger partial charge < -0.3 is 5.32 Å². The number of rotatable bonds is 6. The molecule has 1 aromatic heterocycles. The Morgan fingerprint density at radius 1 is 1.04 bits per heavy atom. The van der Waals surface area contributed by atoms with E-state index < -0.39 is 0 Å². The van der Waals surface area contributed by atoms with Gasteiger partial charge in [0.2, 0.25) is 0 Å². The summed E-state index contributed by atoms with van der Waals surface area (Å²) in [4.78, 5) is 17.6. The highest BCUT2D eigenvalue weighted by Gasteiger charge is 2.12. The molecule has 0 aliphatic rings. The summed E-state index contributed by atoms with van der Waals surface area (Å²) in [5.74, 6) is 0.741. The molecule has 3 rings (SSSR count). The molecule has 0 saturated heterocycles. The van der Waals surface area contributed by atoms with Gasteiger partial charge in [-0.15, -0.1) is 0 Å². The molecule has 0 bridgehead atoms. The molecule has 0 aliphatic heterocycles. The smallest absolute Gasteiger partial charge is 0.261 e. The van der Waals surface area contributed by atoms with Crippen LogP contribution in [0.3, 0.4) is 0 Å². The average molecular weight is 307 g/mol. The molecule has 0 unspecified atom stereocenters. The van der Waals surface area contributed by atoms with Gasteiger partial charge in [-0.05, 0) is 31.6 Å². The molecular weight excluding hydrogens is 286 g/mol. The zero-order valence-corrected chi connectivity index (χ0v) is 13.3. The van der Waals surface area contributed by atoms with Crippen LogP contribution in [-0.4, -0.2) is 22.6 Å². The van der Waals surface area contributed by atoms with Gasteiger partial charge in [-0.3, -0.25) is 9.36 Å². The number of benzene rings is 2. The van der Waals surface area contributed by atoms with Gasteiger partial charge in [0.05, 0.1) is 10.9 Å². The molecule has 3 aromatic rings. The van der Waals surface area contributed by atoms with Crippen molar-refractivity contribution in [2.75, 3.05) is 13.1 Å². The number of nitrogens with one attached hydrogen (secondary N) is 1. The lowest BCUT2D eigenvalue weighted by molar-refractivity contribution is 0.582. The van der Waals surface area contributed by atoms with Crippen LogP contribution >= 0.6 is 0 Å². The second kappa shape index (κ2) is 7.20. The van der Waals surface area contributed by atoms with Crippen molar-refractivity contribution in [1.29, 1.82) is 0 Å². The molecule has 0 fully saturated rings. The molecule has 2 aromatic carbocycles. The number of nitrogens with zero attached hydrogens (tertiary/aromatic N) is 2. The van der Waals surface area contributed by atoms with E-state index in [1.807, 2.05) is 54.6 Å². The molecule has 1 heterocycles. The second-order valence-electron chi connectivity index (χ2n) is 5.48. The third kappa shape index (κ3) is 3.32. The van der Waals surface area contributed by atoms with Crippen LogP contribution < -0.4 is 10.9 Å². The second-order valence-corrected chi connectivity index (χ2v) is 5.48. The van der Waals surface area contributed by atoms with Gasteiger partial charge in [-0.1, -0.05) is 49.4 Å². The molecule has 0 saturated carbocycles. The fourth-order valence-corrected chi connectivity index (χ4v) is 2.72. The number of fused-ring (bicyclic) bond motifs is 1. The van der Waals surface area contributed by atoms with Crippen molar-refractivity contribution < 1.29 is 0 Å². The zero-order valence-electron chi connectivity index (χ0n) is 13.3. The van der Waals surface area contributed by atoms with Crippen LogP contribution in [0, 0.1) is 0 Å². The van der Waals surface area contributed by atoms with E-state index in [4.69, 9.17) is 4.98 Å². The highest BCUT2D eigenvalue weighted by molar-refractivity contribution is 5.79. The van der Waals surface area contributed by atoms with E-state index >= 15 is 0 Å². The van der Waals surface area contributed by atoms with Crippen molar-refractivity contribution >= 4 is 10.9 Å². The van der Waals surface area contributed by atoms with Crippen LogP contribution in [0.1, 0.15) is 13.3 Å². The Bertz CT molecular complexity index is 840.